The first-order chi connectivity index (χ1) is 14.4. The standard InChI is InChI=1S/C21H17N3O6/c1-11-2-3-13(22)16(6-11)27-4-5-28-17-7-12-8-18(29-15(12)9-14(17)23)20-24-10-19(30-20)21(25)26/h2-10H,22-23H2,1H3,(H,25,26). The minimum Gasteiger partial charge on any atom is -0.475 e. The summed E-state index contributed by atoms with van der Waals surface area (Å²) in [5, 5.41) is 9.61. The van der Waals surface area contributed by atoms with Gasteiger partial charge in [0.25, 0.3) is 5.89 Å². The number of hydrogen-bond acceptors (Lipinski definition) is 8. The summed E-state index contributed by atoms with van der Waals surface area (Å²) in [5.41, 5.74) is 14.2. The van der Waals surface area contributed by atoms with Gasteiger partial charge in [0.1, 0.15) is 29.6 Å². The lowest BCUT2D eigenvalue weighted by molar-refractivity contribution is 0.0663. The number of nitrogen functional groups attached to an aromatic ring is 2. The van der Waals surface area contributed by atoms with Gasteiger partial charge in [0.2, 0.25) is 5.76 Å². The Bertz CT molecular complexity index is 1270. The van der Waals surface area contributed by atoms with E-state index in [2.05, 4.69) is 4.98 Å². The van der Waals surface area contributed by atoms with Crippen molar-refractivity contribution in [2.75, 3.05) is 11.5 Å². The molecule has 30 heavy (non-hydrogen) atoms. The Morgan fingerprint density at radius 1 is 1.03 bits per heavy atom. The number of carboxylic acid groups (broad SMARTS) is 1. The molecule has 9 heteroatoms. The topological polar surface area (TPSA) is 147 Å². The van der Waals surface area contributed by atoms with Crippen molar-refractivity contribution >= 4 is 28.3 Å². The summed E-state index contributed by atoms with van der Waals surface area (Å²) in [4.78, 5) is 14.8. The Morgan fingerprint density at radius 2 is 1.77 bits per heavy atom. The number of aryl methyl sites for hydroxylation is 1. The van der Waals surface area contributed by atoms with Crippen LogP contribution >= 0.6 is 0 Å². The molecule has 2 heterocycles. The minimum atomic E-state index is -1.22. The number of nitrogens with two attached hydrogens (primary N) is 2. The van der Waals surface area contributed by atoms with Gasteiger partial charge in [-0.05, 0) is 36.8 Å². The third-order valence-electron chi connectivity index (χ3n) is 4.19. The number of carboxylic acids is 1. The van der Waals surface area contributed by atoms with Crippen molar-refractivity contribution in [3.05, 3.63) is 66.4 Å². The quantitative estimate of drug-likeness (QED) is 0.316. The van der Waals surface area contributed by atoms with Crippen LogP contribution in [0.4, 0.5) is 11.4 Å². The molecule has 0 radical (unpaired) electrons. The van der Waals surface area contributed by atoms with Gasteiger partial charge in [0, 0.05) is 11.5 Å². The number of oxazole rings is 1. The summed E-state index contributed by atoms with van der Waals surface area (Å²) >= 11 is 0. The maximum Gasteiger partial charge on any atom is 0.373 e. The van der Waals surface area contributed by atoms with Crippen molar-refractivity contribution < 1.29 is 28.2 Å². The molecule has 0 unspecified atom stereocenters. The van der Waals surface area contributed by atoms with Crippen LogP contribution < -0.4 is 20.9 Å². The van der Waals surface area contributed by atoms with Crippen molar-refractivity contribution in [2.24, 2.45) is 0 Å². The molecule has 4 aromatic rings. The molecule has 0 atom stereocenters. The van der Waals surface area contributed by atoms with Gasteiger partial charge in [-0.15, -0.1) is 0 Å². The van der Waals surface area contributed by atoms with Crippen LogP contribution in [-0.2, 0) is 0 Å². The molecule has 152 valence electrons. The summed E-state index contributed by atoms with van der Waals surface area (Å²) in [6.45, 7) is 1.93. The fraction of sp³-hybridized carbons (Fsp3) is 0.0476. The van der Waals surface area contributed by atoms with Gasteiger partial charge in [0.05, 0.1) is 17.6 Å². The van der Waals surface area contributed by atoms with Gasteiger partial charge in [-0.3, -0.25) is 0 Å². The van der Waals surface area contributed by atoms with E-state index in [4.69, 9.17) is 34.9 Å². The van der Waals surface area contributed by atoms with Crippen molar-refractivity contribution in [2.45, 2.75) is 6.92 Å². The van der Waals surface area contributed by atoms with Gasteiger partial charge in [-0.2, -0.15) is 0 Å². The third-order valence-corrected chi connectivity index (χ3v) is 4.19. The van der Waals surface area contributed by atoms with Gasteiger partial charge in [-0.1, -0.05) is 6.07 Å². The molecule has 0 fully saturated rings. The fourth-order valence-corrected chi connectivity index (χ4v) is 2.72. The predicted molar refractivity (Wildman–Crippen MR) is 109 cm³/mol. The van der Waals surface area contributed by atoms with Crippen LogP contribution in [0.25, 0.3) is 22.6 Å². The number of benzene rings is 2. The summed E-state index contributed by atoms with van der Waals surface area (Å²) < 4.78 is 21.9. The zero-order chi connectivity index (χ0) is 21.3. The SMILES string of the molecule is Cc1ccc(N)c(OC=COc2cc3cc(-c4ncc(C(=O)O)o4)oc3cc2N)c1. The highest BCUT2D eigenvalue weighted by molar-refractivity contribution is 5.87. The molecule has 2 aromatic heterocycles. The molecule has 0 aliphatic rings. The van der Waals surface area contributed by atoms with Crippen LogP contribution in [0.15, 0.2) is 64.0 Å². The second kappa shape index (κ2) is 7.55. The molecule has 0 saturated heterocycles. The van der Waals surface area contributed by atoms with E-state index in [9.17, 15) is 4.79 Å². The van der Waals surface area contributed by atoms with Crippen molar-refractivity contribution in [1.82, 2.24) is 4.98 Å². The molecule has 0 bridgehead atoms. The average molecular weight is 407 g/mol. The Hall–Kier alpha value is -4.40. The average Bonchev–Trinajstić information content (AvgIpc) is 3.34. The zero-order valence-corrected chi connectivity index (χ0v) is 15.8. The summed E-state index contributed by atoms with van der Waals surface area (Å²) in [6, 6.07) is 10.4. The van der Waals surface area contributed by atoms with Gasteiger partial charge < -0.3 is 34.9 Å². The number of fused-ring (bicyclic) bond motifs is 1. The fourth-order valence-electron chi connectivity index (χ4n) is 2.72. The van der Waals surface area contributed by atoms with E-state index in [1.54, 1.807) is 24.3 Å². The number of hydrogen-bond donors (Lipinski definition) is 3. The van der Waals surface area contributed by atoms with Crippen LogP contribution in [0.2, 0.25) is 0 Å². The van der Waals surface area contributed by atoms with Crippen molar-refractivity contribution in [3.63, 3.8) is 0 Å². The maximum atomic E-state index is 10.9. The monoisotopic (exact) mass is 407 g/mol. The van der Waals surface area contributed by atoms with E-state index < -0.39 is 5.97 Å². The molecule has 0 amide bonds. The Kier molecular flexibility index (Phi) is 4.77. The van der Waals surface area contributed by atoms with Crippen LogP contribution in [0.3, 0.4) is 0 Å². The second-order valence-electron chi connectivity index (χ2n) is 6.42. The molecule has 0 aliphatic heterocycles. The predicted octanol–water partition coefficient (Wildman–Crippen LogP) is 4.19. The van der Waals surface area contributed by atoms with E-state index in [0.717, 1.165) is 11.8 Å². The second-order valence-corrected chi connectivity index (χ2v) is 6.42. The van der Waals surface area contributed by atoms with E-state index in [1.165, 1.54) is 12.5 Å². The number of anilines is 2. The first-order valence-electron chi connectivity index (χ1n) is 8.78. The molecule has 2 aromatic carbocycles. The summed E-state index contributed by atoms with van der Waals surface area (Å²) in [5.74, 6) is -0.286. The van der Waals surface area contributed by atoms with E-state index in [-0.39, 0.29) is 17.4 Å². The number of ether oxygens (including phenoxy) is 2. The van der Waals surface area contributed by atoms with Crippen LogP contribution in [0.5, 0.6) is 11.5 Å². The first-order valence-corrected chi connectivity index (χ1v) is 8.78. The molecule has 4 rings (SSSR count). The highest BCUT2D eigenvalue weighted by Crippen LogP contribution is 2.34. The first kappa shape index (κ1) is 18.9. The molecular weight excluding hydrogens is 390 g/mol. The number of carbonyl (C=O) groups is 1. The highest BCUT2D eigenvalue weighted by Gasteiger charge is 2.16. The Balaban J connectivity index is 1.52. The van der Waals surface area contributed by atoms with E-state index in [0.29, 0.717) is 33.8 Å². The highest BCUT2D eigenvalue weighted by atomic mass is 16.5. The number of aromatic nitrogens is 1. The lowest BCUT2D eigenvalue weighted by Gasteiger charge is -2.06. The lowest BCUT2D eigenvalue weighted by atomic mass is 10.2. The van der Waals surface area contributed by atoms with Crippen LogP contribution in [-0.4, -0.2) is 16.1 Å². The smallest absolute Gasteiger partial charge is 0.373 e. The number of rotatable bonds is 6. The number of aromatic carboxylic acids is 1. The lowest BCUT2D eigenvalue weighted by Crippen LogP contribution is -1.94. The van der Waals surface area contributed by atoms with Crippen LogP contribution in [0, 0.1) is 6.92 Å². The maximum absolute atomic E-state index is 10.9. The van der Waals surface area contributed by atoms with E-state index in [1.807, 2.05) is 19.1 Å². The van der Waals surface area contributed by atoms with Crippen molar-refractivity contribution in [1.29, 1.82) is 0 Å². The Morgan fingerprint density at radius 3 is 2.47 bits per heavy atom. The number of furan rings is 1. The largest absolute Gasteiger partial charge is 0.475 e. The molecular formula is C21H17N3O6. The van der Waals surface area contributed by atoms with Crippen LogP contribution in [0.1, 0.15) is 16.1 Å². The molecule has 0 spiro atoms. The number of nitrogens with zero attached hydrogens (tertiary/aromatic N) is 1. The molecule has 0 saturated carbocycles. The minimum absolute atomic E-state index is 0.0497. The molecule has 5 N–H and O–H groups in total. The molecule has 0 aliphatic carbocycles. The Labute approximate surface area is 170 Å². The molecule has 9 nitrogen and oxygen atoms in total. The van der Waals surface area contributed by atoms with Gasteiger partial charge in [0.15, 0.2) is 5.76 Å². The zero-order valence-electron chi connectivity index (χ0n) is 15.8. The normalized spacial score (nSPS) is 11.2. The van der Waals surface area contributed by atoms with E-state index >= 15 is 0 Å². The summed E-state index contributed by atoms with van der Waals surface area (Å²) in [7, 11) is 0. The summed E-state index contributed by atoms with van der Waals surface area (Å²) in [6.07, 6.45) is 3.81. The van der Waals surface area contributed by atoms with Gasteiger partial charge >= 0.3 is 5.97 Å². The van der Waals surface area contributed by atoms with Crippen molar-refractivity contribution in [3.8, 4) is 23.1 Å². The van der Waals surface area contributed by atoms with Gasteiger partial charge in [-0.25, -0.2) is 9.78 Å². The third kappa shape index (κ3) is 3.76.